The van der Waals surface area contributed by atoms with Gasteiger partial charge in [-0.1, -0.05) is 44.2 Å². The minimum atomic E-state index is -0.780. The van der Waals surface area contributed by atoms with Crippen molar-refractivity contribution in [1.82, 2.24) is 15.9 Å². The van der Waals surface area contributed by atoms with Gasteiger partial charge in [-0.25, -0.2) is 10.9 Å². The second-order valence-electron chi connectivity index (χ2n) is 6.62. The molecule has 0 saturated carbocycles. The zero-order chi connectivity index (χ0) is 16.9. The Morgan fingerprint density at radius 1 is 1.39 bits per heavy atom. The van der Waals surface area contributed by atoms with Gasteiger partial charge in [-0.05, 0) is 24.3 Å². The van der Waals surface area contributed by atoms with Crippen molar-refractivity contribution >= 4 is 11.8 Å². The monoisotopic (exact) mass is 319 g/mol. The van der Waals surface area contributed by atoms with Gasteiger partial charge in [0.2, 0.25) is 11.8 Å². The maximum atomic E-state index is 12.8. The first-order valence-electron chi connectivity index (χ1n) is 7.99. The zero-order valence-corrected chi connectivity index (χ0v) is 13.7. The molecule has 1 atom stereocenters. The second kappa shape index (κ2) is 7.57. The zero-order valence-electron chi connectivity index (χ0n) is 13.7. The number of benzene rings is 1. The molecule has 1 heterocycles. The average molecular weight is 319 g/mol. The Labute approximate surface area is 136 Å². The Balaban J connectivity index is 2.04. The van der Waals surface area contributed by atoms with Gasteiger partial charge in [-0.15, -0.1) is 0 Å². The Hall–Kier alpha value is -1.92. The molecule has 23 heavy (non-hydrogen) atoms. The number of hydrogen-bond acceptors (Lipinski definition) is 4. The Bertz CT molecular complexity index is 547. The number of hydroxylamine groups is 1. The van der Waals surface area contributed by atoms with Gasteiger partial charge in [0, 0.05) is 19.5 Å². The summed E-state index contributed by atoms with van der Waals surface area (Å²) in [5, 5.41) is 10.4. The number of nitrogens with zero attached hydrogens (tertiary/aromatic N) is 1. The molecule has 1 unspecified atom stereocenters. The van der Waals surface area contributed by atoms with Gasteiger partial charge in [0.05, 0.1) is 5.41 Å². The summed E-state index contributed by atoms with van der Waals surface area (Å²) in [5.74, 6) is -0.308. The van der Waals surface area contributed by atoms with E-state index in [1.807, 2.05) is 44.2 Å². The lowest BCUT2D eigenvalue weighted by molar-refractivity contribution is -0.143. The van der Waals surface area contributed by atoms with Crippen molar-refractivity contribution < 1.29 is 14.8 Å². The summed E-state index contributed by atoms with van der Waals surface area (Å²) in [7, 11) is 0. The third-order valence-corrected chi connectivity index (χ3v) is 4.20. The summed E-state index contributed by atoms with van der Waals surface area (Å²) in [6, 6.07) is 9.97. The molecule has 2 amide bonds. The van der Waals surface area contributed by atoms with Crippen LogP contribution in [0.4, 0.5) is 0 Å². The van der Waals surface area contributed by atoms with Crippen LogP contribution in [-0.4, -0.2) is 35.1 Å². The summed E-state index contributed by atoms with van der Waals surface area (Å²) in [6.45, 7) is 5.03. The lowest BCUT2D eigenvalue weighted by atomic mass is 9.77. The second-order valence-corrected chi connectivity index (χ2v) is 6.62. The van der Waals surface area contributed by atoms with E-state index in [4.69, 9.17) is 5.21 Å². The van der Waals surface area contributed by atoms with Crippen molar-refractivity contribution in [2.45, 2.75) is 33.1 Å². The summed E-state index contributed by atoms with van der Waals surface area (Å²) in [5.41, 5.74) is 5.15. The summed E-state index contributed by atoms with van der Waals surface area (Å²) < 4.78 is 0. The Morgan fingerprint density at radius 2 is 2.09 bits per heavy atom. The number of hydrazine groups is 1. The minimum absolute atomic E-state index is 0.00461. The fourth-order valence-corrected chi connectivity index (χ4v) is 3.24. The highest BCUT2D eigenvalue weighted by Gasteiger charge is 2.48. The van der Waals surface area contributed by atoms with Crippen molar-refractivity contribution in [2.75, 3.05) is 13.1 Å². The molecular formula is C17H25N3O3. The lowest BCUT2D eigenvalue weighted by Gasteiger charge is -2.27. The molecule has 1 fully saturated rings. The van der Waals surface area contributed by atoms with Gasteiger partial charge in [-0.3, -0.25) is 19.8 Å². The van der Waals surface area contributed by atoms with Crippen LogP contribution in [0.25, 0.3) is 0 Å². The first kappa shape index (κ1) is 17.4. The highest BCUT2D eigenvalue weighted by Crippen LogP contribution is 2.35. The molecule has 1 aromatic carbocycles. The maximum absolute atomic E-state index is 12.8. The molecule has 0 bridgehead atoms. The molecule has 1 aromatic rings. The number of carbonyl (C=O) groups is 2. The third-order valence-electron chi connectivity index (χ3n) is 4.20. The van der Waals surface area contributed by atoms with Crippen LogP contribution in [0.3, 0.4) is 0 Å². The minimum Gasteiger partial charge on any atom is -0.289 e. The van der Waals surface area contributed by atoms with Gasteiger partial charge < -0.3 is 0 Å². The van der Waals surface area contributed by atoms with Crippen LogP contribution < -0.4 is 10.9 Å². The summed E-state index contributed by atoms with van der Waals surface area (Å²) >= 11 is 0. The largest absolute Gasteiger partial charge is 0.289 e. The number of nitrogens with one attached hydrogen (secondary N) is 2. The van der Waals surface area contributed by atoms with Crippen LogP contribution in [-0.2, 0) is 16.0 Å². The first-order chi connectivity index (χ1) is 11.0. The van der Waals surface area contributed by atoms with E-state index >= 15 is 0 Å². The van der Waals surface area contributed by atoms with E-state index in [2.05, 4.69) is 5.43 Å². The Kier molecular flexibility index (Phi) is 5.74. The number of amides is 2. The van der Waals surface area contributed by atoms with E-state index in [9.17, 15) is 9.59 Å². The van der Waals surface area contributed by atoms with Crippen LogP contribution in [0.1, 0.15) is 32.3 Å². The first-order valence-corrected chi connectivity index (χ1v) is 7.99. The van der Waals surface area contributed by atoms with Gasteiger partial charge >= 0.3 is 0 Å². The van der Waals surface area contributed by atoms with Crippen LogP contribution in [0, 0.1) is 11.3 Å². The molecule has 0 radical (unpaired) electrons. The van der Waals surface area contributed by atoms with Crippen LogP contribution >= 0.6 is 0 Å². The predicted octanol–water partition coefficient (Wildman–Crippen LogP) is 1.50. The smallest absolute Gasteiger partial charge is 0.244 e. The lowest BCUT2D eigenvalue weighted by Crippen LogP contribution is -2.41. The SMILES string of the molecule is CC(C)CC1(CC(=O)NO)CNN(CCc2ccccc2)C1=O. The molecule has 126 valence electrons. The molecule has 1 saturated heterocycles. The standard InChI is InChI=1S/C17H25N3O3/c1-13(2)10-17(11-15(21)19-23)12-18-20(16(17)22)9-8-14-6-4-3-5-7-14/h3-7,13,18,23H,8-12H2,1-2H3,(H,19,21). The molecule has 0 aliphatic carbocycles. The van der Waals surface area contributed by atoms with Crippen molar-refractivity contribution in [2.24, 2.45) is 11.3 Å². The topological polar surface area (TPSA) is 81.7 Å². The highest BCUT2D eigenvalue weighted by molar-refractivity contribution is 5.90. The van der Waals surface area contributed by atoms with Crippen molar-refractivity contribution in [1.29, 1.82) is 0 Å². The number of rotatable bonds is 7. The summed E-state index contributed by atoms with van der Waals surface area (Å²) in [6.07, 6.45) is 1.35. The predicted molar refractivity (Wildman–Crippen MR) is 86.3 cm³/mol. The molecule has 3 N–H and O–H groups in total. The molecular weight excluding hydrogens is 294 g/mol. The fraction of sp³-hybridized carbons (Fsp3) is 0.529. The van der Waals surface area contributed by atoms with E-state index < -0.39 is 11.3 Å². The van der Waals surface area contributed by atoms with Crippen molar-refractivity contribution in [3.05, 3.63) is 35.9 Å². The molecule has 6 nitrogen and oxygen atoms in total. The highest BCUT2D eigenvalue weighted by atomic mass is 16.5. The molecule has 0 aromatic heterocycles. The quantitative estimate of drug-likeness (QED) is 0.525. The van der Waals surface area contributed by atoms with E-state index in [1.165, 1.54) is 0 Å². The molecule has 2 rings (SSSR count). The van der Waals surface area contributed by atoms with Crippen molar-refractivity contribution in [3.8, 4) is 0 Å². The van der Waals surface area contributed by atoms with Gasteiger partial charge in [-0.2, -0.15) is 0 Å². The maximum Gasteiger partial charge on any atom is 0.244 e. The number of carbonyl (C=O) groups excluding carboxylic acids is 2. The Morgan fingerprint density at radius 3 is 2.70 bits per heavy atom. The normalized spacial score (nSPS) is 21.0. The summed E-state index contributed by atoms with van der Waals surface area (Å²) in [4.78, 5) is 24.5. The number of hydrogen-bond donors (Lipinski definition) is 3. The van der Waals surface area contributed by atoms with Crippen LogP contribution in [0.2, 0.25) is 0 Å². The van der Waals surface area contributed by atoms with Crippen molar-refractivity contribution in [3.63, 3.8) is 0 Å². The molecule has 0 spiro atoms. The van der Waals surface area contributed by atoms with Gasteiger partial charge in [0.25, 0.3) is 0 Å². The van der Waals surface area contributed by atoms with E-state index in [0.29, 0.717) is 19.5 Å². The van der Waals surface area contributed by atoms with Crippen LogP contribution in [0.5, 0.6) is 0 Å². The fourth-order valence-electron chi connectivity index (χ4n) is 3.24. The molecule has 6 heteroatoms. The third kappa shape index (κ3) is 4.30. The molecule has 1 aliphatic heterocycles. The van der Waals surface area contributed by atoms with Crippen LogP contribution in [0.15, 0.2) is 30.3 Å². The van der Waals surface area contributed by atoms with Gasteiger partial charge in [0.15, 0.2) is 0 Å². The van der Waals surface area contributed by atoms with Gasteiger partial charge in [0.1, 0.15) is 0 Å². The van der Waals surface area contributed by atoms with E-state index in [1.54, 1.807) is 10.5 Å². The van der Waals surface area contributed by atoms with E-state index in [0.717, 1.165) is 12.0 Å². The van der Waals surface area contributed by atoms with E-state index in [-0.39, 0.29) is 18.2 Å². The average Bonchev–Trinajstić information content (AvgIpc) is 2.82. The molecule has 1 aliphatic rings.